The first kappa shape index (κ1) is 31.9. The van der Waals surface area contributed by atoms with Crippen molar-refractivity contribution in [3.63, 3.8) is 0 Å². The van der Waals surface area contributed by atoms with Crippen molar-refractivity contribution in [3.05, 3.63) is 95.6 Å². The van der Waals surface area contributed by atoms with E-state index in [9.17, 15) is 31.5 Å². The summed E-state index contributed by atoms with van der Waals surface area (Å²) in [5, 5.41) is 14.3. The third-order valence-electron chi connectivity index (χ3n) is 7.02. The van der Waals surface area contributed by atoms with Gasteiger partial charge in [0.25, 0.3) is 15.9 Å². The Balaban J connectivity index is 1.31. The number of fused-ring (bicyclic) bond motifs is 1. The normalized spacial score (nSPS) is 12.7. The lowest BCUT2D eigenvalue weighted by Crippen LogP contribution is -2.44. The first-order valence-corrected chi connectivity index (χ1v) is 17.5. The first-order valence-electron chi connectivity index (χ1n) is 13.6. The number of carbonyl (C=O) groups is 2. The van der Waals surface area contributed by atoms with E-state index in [4.69, 9.17) is 4.42 Å². The molecule has 14 heteroatoms. The Hall–Kier alpha value is -4.50. The minimum atomic E-state index is -4.05. The minimum Gasteiger partial charge on any atom is -0.480 e. The van der Waals surface area contributed by atoms with Crippen LogP contribution in [-0.4, -0.2) is 39.9 Å². The topological polar surface area (TPSA) is 172 Å². The highest BCUT2D eigenvalue weighted by Crippen LogP contribution is 2.34. The van der Waals surface area contributed by atoms with E-state index in [1.165, 1.54) is 18.2 Å². The van der Waals surface area contributed by atoms with Crippen molar-refractivity contribution in [2.24, 2.45) is 5.92 Å². The highest BCUT2D eigenvalue weighted by molar-refractivity contribution is 7.94. The maximum Gasteiger partial charge on any atom is 0.322 e. The van der Waals surface area contributed by atoms with Crippen LogP contribution in [0.25, 0.3) is 22.1 Å². The third kappa shape index (κ3) is 6.78. The number of carboxylic acids is 1. The van der Waals surface area contributed by atoms with Crippen molar-refractivity contribution < 1.29 is 35.9 Å². The maximum absolute atomic E-state index is 13.2. The SMILES string of the molecule is Cc1c(C(=O)Nc2ccc(-c3ccc(S(=O)(=O)NC(C(=O)O)C(C)C)cc3)cc2)oc2cccc(NS(=O)(=O)c3cccs3)c12. The molecule has 0 fully saturated rings. The van der Waals surface area contributed by atoms with Crippen molar-refractivity contribution in [3.8, 4) is 11.1 Å². The van der Waals surface area contributed by atoms with Gasteiger partial charge in [-0.3, -0.25) is 14.3 Å². The number of rotatable bonds is 11. The monoisotopic (exact) mass is 667 g/mol. The number of carboxylic acid groups (broad SMARTS) is 1. The molecule has 2 aromatic heterocycles. The van der Waals surface area contributed by atoms with Gasteiger partial charge in [-0.05, 0) is 71.8 Å². The number of anilines is 2. The summed E-state index contributed by atoms with van der Waals surface area (Å²) in [6.07, 6.45) is 0. The van der Waals surface area contributed by atoms with Gasteiger partial charge in [0.05, 0.1) is 10.6 Å². The van der Waals surface area contributed by atoms with Crippen LogP contribution in [0.1, 0.15) is 30.0 Å². The van der Waals surface area contributed by atoms with Gasteiger partial charge in [0.2, 0.25) is 10.0 Å². The molecule has 0 aliphatic carbocycles. The number of carbonyl (C=O) groups excluding carboxylic acids is 1. The number of benzene rings is 3. The maximum atomic E-state index is 13.2. The van der Waals surface area contributed by atoms with Gasteiger partial charge in [0.15, 0.2) is 5.76 Å². The van der Waals surface area contributed by atoms with E-state index in [1.54, 1.807) is 86.8 Å². The second kappa shape index (κ2) is 12.5. The van der Waals surface area contributed by atoms with Gasteiger partial charge in [-0.1, -0.05) is 50.2 Å². The quantitative estimate of drug-likeness (QED) is 0.135. The van der Waals surface area contributed by atoms with Crippen LogP contribution in [0.5, 0.6) is 0 Å². The number of furan rings is 1. The van der Waals surface area contributed by atoms with Crippen molar-refractivity contribution in [2.45, 2.75) is 35.9 Å². The summed E-state index contributed by atoms with van der Waals surface area (Å²) < 4.78 is 61.9. The fourth-order valence-corrected chi connectivity index (χ4v) is 8.09. The lowest BCUT2D eigenvalue weighted by Gasteiger charge is -2.18. The van der Waals surface area contributed by atoms with Crippen LogP contribution in [0.3, 0.4) is 0 Å². The fraction of sp³-hybridized carbons (Fsp3) is 0.161. The number of sulfonamides is 2. The Morgan fingerprint density at radius 2 is 1.49 bits per heavy atom. The van der Waals surface area contributed by atoms with Gasteiger partial charge in [-0.15, -0.1) is 11.3 Å². The molecule has 11 nitrogen and oxygen atoms in total. The lowest BCUT2D eigenvalue weighted by atomic mass is 10.1. The molecule has 0 aliphatic heterocycles. The summed E-state index contributed by atoms with van der Waals surface area (Å²) in [5.41, 5.74) is 3.04. The molecule has 234 valence electrons. The Bertz CT molecular complexity index is 2090. The molecular weight excluding hydrogens is 639 g/mol. The van der Waals surface area contributed by atoms with Crippen molar-refractivity contribution in [2.75, 3.05) is 10.0 Å². The van der Waals surface area contributed by atoms with Crippen LogP contribution in [0, 0.1) is 12.8 Å². The summed E-state index contributed by atoms with van der Waals surface area (Å²) in [4.78, 5) is 24.6. The number of aliphatic carboxylic acids is 1. The van der Waals surface area contributed by atoms with E-state index < -0.39 is 43.9 Å². The fourth-order valence-electron chi connectivity index (χ4n) is 4.68. The van der Waals surface area contributed by atoms with E-state index in [2.05, 4.69) is 14.8 Å². The van der Waals surface area contributed by atoms with E-state index in [1.807, 2.05) is 0 Å². The summed E-state index contributed by atoms with van der Waals surface area (Å²) in [5.74, 6) is -2.19. The minimum absolute atomic E-state index is 0.0323. The average Bonchev–Trinajstić information content (AvgIpc) is 3.66. The van der Waals surface area contributed by atoms with Crippen LogP contribution in [0.4, 0.5) is 11.4 Å². The molecule has 2 heterocycles. The lowest BCUT2D eigenvalue weighted by molar-refractivity contribution is -0.140. The van der Waals surface area contributed by atoms with Crippen LogP contribution >= 0.6 is 11.3 Å². The van der Waals surface area contributed by atoms with E-state index >= 15 is 0 Å². The van der Waals surface area contributed by atoms with Gasteiger partial charge in [-0.2, -0.15) is 4.72 Å². The van der Waals surface area contributed by atoms with E-state index in [-0.39, 0.29) is 14.9 Å². The highest BCUT2D eigenvalue weighted by atomic mass is 32.2. The zero-order valence-electron chi connectivity index (χ0n) is 24.3. The van der Waals surface area contributed by atoms with Gasteiger partial charge in [0.1, 0.15) is 15.8 Å². The summed E-state index contributed by atoms with van der Waals surface area (Å²) >= 11 is 1.09. The zero-order valence-corrected chi connectivity index (χ0v) is 26.7. The molecular formula is C31H29N3O8S3. The van der Waals surface area contributed by atoms with Crippen LogP contribution < -0.4 is 14.8 Å². The van der Waals surface area contributed by atoms with Crippen LogP contribution in [-0.2, 0) is 24.8 Å². The Kier molecular flexibility index (Phi) is 8.85. The molecule has 1 atom stereocenters. The number of aryl methyl sites for hydroxylation is 1. The predicted octanol–water partition coefficient (Wildman–Crippen LogP) is 5.91. The van der Waals surface area contributed by atoms with Crippen molar-refractivity contribution in [1.82, 2.24) is 4.72 Å². The zero-order chi connectivity index (χ0) is 32.5. The molecule has 5 rings (SSSR count). The van der Waals surface area contributed by atoms with Crippen molar-refractivity contribution in [1.29, 1.82) is 0 Å². The summed E-state index contributed by atoms with van der Waals surface area (Å²) in [7, 11) is -7.87. The van der Waals surface area contributed by atoms with Gasteiger partial charge < -0.3 is 14.8 Å². The molecule has 0 spiro atoms. The van der Waals surface area contributed by atoms with Crippen LogP contribution in [0.15, 0.2) is 97.8 Å². The highest BCUT2D eigenvalue weighted by Gasteiger charge is 2.28. The molecule has 1 amide bonds. The van der Waals surface area contributed by atoms with Crippen LogP contribution in [0.2, 0.25) is 0 Å². The molecule has 0 saturated carbocycles. The Morgan fingerprint density at radius 1 is 0.844 bits per heavy atom. The molecule has 0 aliphatic rings. The third-order valence-corrected chi connectivity index (χ3v) is 11.2. The molecule has 1 unspecified atom stereocenters. The smallest absolute Gasteiger partial charge is 0.322 e. The largest absolute Gasteiger partial charge is 0.480 e. The number of hydrogen-bond donors (Lipinski definition) is 4. The number of nitrogens with one attached hydrogen (secondary N) is 3. The molecule has 5 aromatic rings. The van der Waals surface area contributed by atoms with E-state index in [0.717, 1.165) is 16.9 Å². The Morgan fingerprint density at radius 3 is 2.07 bits per heavy atom. The second-order valence-electron chi connectivity index (χ2n) is 10.5. The molecule has 3 aromatic carbocycles. The number of hydrogen-bond acceptors (Lipinski definition) is 8. The Labute approximate surface area is 264 Å². The second-order valence-corrected chi connectivity index (χ2v) is 15.1. The molecule has 4 N–H and O–H groups in total. The molecule has 0 radical (unpaired) electrons. The van der Waals surface area contributed by atoms with Crippen molar-refractivity contribution >= 4 is 65.6 Å². The summed E-state index contributed by atoms with van der Waals surface area (Å²) in [6, 6.07) is 19.6. The van der Waals surface area contributed by atoms with Gasteiger partial charge in [-0.25, -0.2) is 16.8 Å². The number of amides is 1. The first-order chi connectivity index (χ1) is 21.3. The molecule has 0 bridgehead atoms. The standard InChI is InChI=1S/C31H29N3O8S3/c1-18(2)28(31(36)37)34-44(38,39)23-15-11-21(12-16-23)20-9-13-22(14-10-20)32-30(35)29-19(3)27-24(6-4-7-25(27)42-29)33-45(40,41)26-8-5-17-43-26/h4-18,28,33-34H,1-3H3,(H,32,35)(H,36,37). The molecule has 45 heavy (non-hydrogen) atoms. The average molecular weight is 668 g/mol. The van der Waals surface area contributed by atoms with E-state index in [0.29, 0.717) is 33.5 Å². The number of thiophene rings is 1. The predicted molar refractivity (Wildman–Crippen MR) is 172 cm³/mol. The van der Waals surface area contributed by atoms with Gasteiger partial charge >= 0.3 is 5.97 Å². The molecule has 0 saturated heterocycles. The van der Waals surface area contributed by atoms with Gasteiger partial charge in [0, 0.05) is 16.6 Å². The summed E-state index contributed by atoms with van der Waals surface area (Å²) in [6.45, 7) is 4.91.